The van der Waals surface area contributed by atoms with Gasteiger partial charge in [0.05, 0.1) is 40.2 Å². The van der Waals surface area contributed by atoms with Crippen molar-refractivity contribution < 1.29 is 9.53 Å². The Balaban J connectivity index is 1.46. The standard InChI is InChI=1S/C28H21ClN6O2S/c1-18-22(27(29)34(33-18)21-10-6-3-7-11-21)15-30-35-24(17-38-28(35)31-20-8-4-2-5-9-20)19-12-13-25-23(14-19)32-26(36)16-37-25/h2-15,17H,16H2,1H3,(H,32,36). The maximum Gasteiger partial charge on any atom is 0.262 e. The van der Waals surface area contributed by atoms with Crippen LogP contribution in [0.5, 0.6) is 5.75 Å². The number of thiazole rings is 1. The predicted octanol–water partition coefficient (Wildman–Crippen LogP) is 5.81. The van der Waals surface area contributed by atoms with Crippen molar-refractivity contribution in [2.75, 3.05) is 11.9 Å². The molecule has 0 saturated carbocycles. The van der Waals surface area contributed by atoms with Crippen molar-refractivity contribution in [2.45, 2.75) is 6.92 Å². The number of carbonyl (C=O) groups excluding carboxylic acids is 1. The van der Waals surface area contributed by atoms with Gasteiger partial charge in [-0.2, -0.15) is 10.2 Å². The highest BCUT2D eigenvalue weighted by Gasteiger charge is 2.18. The molecule has 38 heavy (non-hydrogen) atoms. The largest absolute Gasteiger partial charge is 0.482 e. The van der Waals surface area contributed by atoms with Crippen LogP contribution in [-0.4, -0.2) is 33.2 Å². The van der Waals surface area contributed by atoms with Crippen LogP contribution in [-0.2, 0) is 4.79 Å². The lowest BCUT2D eigenvalue weighted by Crippen LogP contribution is -2.25. The van der Waals surface area contributed by atoms with Gasteiger partial charge in [-0.25, -0.2) is 14.4 Å². The van der Waals surface area contributed by atoms with Gasteiger partial charge in [0.2, 0.25) is 4.80 Å². The van der Waals surface area contributed by atoms with Gasteiger partial charge in [0.15, 0.2) is 6.61 Å². The Kier molecular flexibility index (Phi) is 6.36. The fourth-order valence-corrected chi connectivity index (χ4v) is 5.23. The monoisotopic (exact) mass is 540 g/mol. The molecule has 188 valence electrons. The molecule has 6 rings (SSSR count). The van der Waals surface area contributed by atoms with E-state index in [1.165, 1.54) is 11.3 Å². The molecule has 2 aromatic heterocycles. The number of nitrogens with one attached hydrogen (secondary N) is 1. The Morgan fingerprint density at radius 1 is 1.08 bits per heavy atom. The number of ether oxygens (including phenoxy) is 1. The topological polar surface area (TPSA) is 85.8 Å². The molecule has 0 saturated heterocycles. The van der Waals surface area contributed by atoms with E-state index in [1.807, 2.05) is 91.2 Å². The first-order chi connectivity index (χ1) is 18.6. The first kappa shape index (κ1) is 23.9. The Hall–Kier alpha value is -4.47. The van der Waals surface area contributed by atoms with Crippen molar-refractivity contribution in [2.24, 2.45) is 10.1 Å². The summed E-state index contributed by atoms with van der Waals surface area (Å²) in [7, 11) is 0. The number of carbonyl (C=O) groups is 1. The number of benzene rings is 3. The van der Waals surface area contributed by atoms with Crippen LogP contribution in [0.1, 0.15) is 11.3 Å². The van der Waals surface area contributed by atoms with E-state index in [2.05, 4.69) is 10.4 Å². The highest BCUT2D eigenvalue weighted by molar-refractivity contribution is 7.07. The number of nitrogens with zero attached hydrogens (tertiary/aromatic N) is 5. The Morgan fingerprint density at radius 2 is 1.84 bits per heavy atom. The van der Waals surface area contributed by atoms with Gasteiger partial charge >= 0.3 is 0 Å². The molecule has 1 aliphatic heterocycles. The zero-order valence-electron chi connectivity index (χ0n) is 20.2. The number of para-hydroxylation sites is 2. The number of amides is 1. The van der Waals surface area contributed by atoms with E-state index >= 15 is 0 Å². The second-order valence-corrected chi connectivity index (χ2v) is 9.69. The van der Waals surface area contributed by atoms with Crippen LogP contribution >= 0.6 is 22.9 Å². The number of hydrogen-bond acceptors (Lipinski definition) is 6. The van der Waals surface area contributed by atoms with E-state index in [-0.39, 0.29) is 12.5 Å². The normalized spacial score (nSPS) is 13.4. The molecular weight excluding hydrogens is 520 g/mol. The summed E-state index contributed by atoms with van der Waals surface area (Å²) in [4.78, 5) is 17.4. The lowest BCUT2D eigenvalue weighted by Gasteiger charge is -2.18. The molecule has 3 heterocycles. The fraction of sp³-hybridized carbons (Fsp3) is 0.0714. The lowest BCUT2D eigenvalue weighted by atomic mass is 10.1. The molecule has 0 spiro atoms. The summed E-state index contributed by atoms with van der Waals surface area (Å²) in [6.45, 7) is 1.90. The van der Waals surface area contributed by atoms with Crippen LogP contribution < -0.4 is 14.9 Å². The molecule has 10 heteroatoms. The molecule has 0 fully saturated rings. The maximum atomic E-state index is 11.9. The van der Waals surface area contributed by atoms with Gasteiger partial charge in [0.1, 0.15) is 10.9 Å². The third-order valence-corrected chi connectivity index (χ3v) is 7.11. The number of fused-ring (bicyclic) bond motifs is 1. The van der Waals surface area contributed by atoms with E-state index in [0.29, 0.717) is 27.0 Å². The third-order valence-electron chi connectivity index (χ3n) is 5.93. The summed E-state index contributed by atoms with van der Waals surface area (Å²) in [5.74, 6) is 0.440. The van der Waals surface area contributed by atoms with Gasteiger partial charge in [-0.3, -0.25) is 4.79 Å². The number of aryl methyl sites for hydroxylation is 1. The van der Waals surface area contributed by atoms with E-state index < -0.39 is 0 Å². The van der Waals surface area contributed by atoms with Crippen molar-refractivity contribution in [1.82, 2.24) is 14.5 Å². The molecule has 1 N–H and O–H groups in total. The summed E-state index contributed by atoms with van der Waals surface area (Å²) in [5.41, 5.74) is 5.38. The second-order valence-electron chi connectivity index (χ2n) is 8.49. The van der Waals surface area contributed by atoms with Crippen LogP contribution in [0, 0.1) is 6.92 Å². The van der Waals surface area contributed by atoms with Crippen LogP contribution in [0.25, 0.3) is 16.9 Å². The number of halogens is 1. The van der Waals surface area contributed by atoms with E-state index in [4.69, 9.17) is 26.4 Å². The van der Waals surface area contributed by atoms with Gasteiger partial charge in [0, 0.05) is 10.9 Å². The van der Waals surface area contributed by atoms with Gasteiger partial charge in [-0.1, -0.05) is 48.0 Å². The Morgan fingerprint density at radius 3 is 2.63 bits per heavy atom. The number of aromatic nitrogens is 3. The number of anilines is 1. The van der Waals surface area contributed by atoms with Crippen LogP contribution in [0.4, 0.5) is 11.4 Å². The maximum absolute atomic E-state index is 11.9. The zero-order valence-corrected chi connectivity index (χ0v) is 21.8. The molecule has 0 bridgehead atoms. The van der Waals surface area contributed by atoms with E-state index in [1.54, 1.807) is 15.6 Å². The van der Waals surface area contributed by atoms with Crippen LogP contribution in [0.15, 0.2) is 94.3 Å². The SMILES string of the molecule is Cc1nn(-c2ccccc2)c(Cl)c1C=Nn1c(-c2ccc3c(c2)NC(=O)CO3)csc1=Nc1ccccc1. The first-order valence-electron chi connectivity index (χ1n) is 11.8. The molecule has 8 nitrogen and oxygen atoms in total. The van der Waals surface area contributed by atoms with Crippen molar-refractivity contribution in [3.05, 3.63) is 105 Å². The lowest BCUT2D eigenvalue weighted by molar-refractivity contribution is -0.118. The summed E-state index contributed by atoms with van der Waals surface area (Å²) in [5, 5.41) is 14.7. The first-order valence-corrected chi connectivity index (χ1v) is 13.0. The molecular formula is C28H21ClN6O2S. The molecule has 0 atom stereocenters. The number of rotatable bonds is 5. The summed E-state index contributed by atoms with van der Waals surface area (Å²) >= 11 is 8.21. The summed E-state index contributed by atoms with van der Waals surface area (Å²) < 4.78 is 8.98. The van der Waals surface area contributed by atoms with Gasteiger partial charge in [-0.05, 0) is 49.4 Å². The number of hydrogen-bond donors (Lipinski definition) is 1. The average Bonchev–Trinajstić information content (AvgIpc) is 3.47. The van der Waals surface area contributed by atoms with Gasteiger partial charge < -0.3 is 10.1 Å². The quantitative estimate of drug-likeness (QED) is 0.285. The highest BCUT2D eigenvalue weighted by Crippen LogP contribution is 2.33. The molecule has 0 unspecified atom stereocenters. The minimum atomic E-state index is -0.189. The minimum absolute atomic E-state index is 0.00592. The third kappa shape index (κ3) is 4.65. The predicted molar refractivity (Wildman–Crippen MR) is 150 cm³/mol. The zero-order chi connectivity index (χ0) is 26.1. The van der Waals surface area contributed by atoms with Gasteiger partial charge in [0.25, 0.3) is 5.91 Å². The molecule has 0 aliphatic carbocycles. The molecule has 1 amide bonds. The minimum Gasteiger partial charge on any atom is -0.482 e. The molecule has 5 aromatic rings. The van der Waals surface area contributed by atoms with Gasteiger partial charge in [-0.15, -0.1) is 11.3 Å². The van der Waals surface area contributed by atoms with Crippen LogP contribution in [0.3, 0.4) is 0 Å². The second kappa shape index (κ2) is 10.1. The van der Waals surface area contributed by atoms with E-state index in [0.717, 1.165) is 28.3 Å². The smallest absolute Gasteiger partial charge is 0.262 e. The summed E-state index contributed by atoms with van der Waals surface area (Å²) in [6, 6.07) is 25.1. The van der Waals surface area contributed by atoms with Crippen LogP contribution in [0.2, 0.25) is 5.15 Å². The van der Waals surface area contributed by atoms with E-state index in [9.17, 15) is 4.79 Å². The molecule has 1 aliphatic rings. The summed E-state index contributed by atoms with van der Waals surface area (Å²) in [6.07, 6.45) is 1.70. The fourth-order valence-electron chi connectivity index (χ4n) is 4.06. The van der Waals surface area contributed by atoms with Crippen molar-refractivity contribution >= 4 is 46.4 Å². The molecule has 0 radical (unpaired) electrons. The van der Waals surface area contributed by atoms with Crippen molar-refractivity contribution in [1.29, 1.82) is 0 Å². The Bertz CT molecular complexity index is 1740. The average molecular weight is 541 g/mol. The molecule has 3 aromatic carbocycles. The van der Waals surface area contributed by atoms with Crippen molar-refractivity contribution in [3.8, 4) is 22.7 Å². The van der Waals surface area contributed by atoms with Crippen molar-refractivity contribution in [3.63, 3.8) is 0 Å². The highest BCUT2D eigenvalue weighted by atomic mass is 35.5. The Labute approximate surface area is 227 Å².